The number of hydrogen-bond donors (Lipinski definition) is 1. The third-order valence-corrected chi connectivity index (χ3v) is 3.42. The van der Waals surface area contributed by atoms with E-state index in [1.165, 1.54) is 0 Å². The van der Waals surface area contributed by atoms with Gasteiger partial charge in [0.25, 0.3) is 5.69 Å². The number of hydrogen-bond acceptors (Lipinski definition) is 4. The summed E-state index contributed by atoms with van der Waals surface area (Å²) in [6, 6.07) is 5.30. The monoisotopic (exact) mass is 293 g/mol. The minimum atomic E-state index is -0.317. The van der Waals surface area contributed by atoms with Gasteiger partial charge < -0.3 is 10.2 Å². The molecule has 0 fully saturated rings. The summed E-state index contributed by atoms with van der Waals surface area (Å²) >= 11 is 0. The van der Waals surface area contributed by atoms with Gasteiger partial charge in [0.05, 0.1) is 4.92 Å². The Morgan fingerprint density at radius 1 is 1.10 bits per heavy atom. The van der Waals surface area contributed by atoms with E-state index in [1.54, 1.807) is 12.1 Å². The lowest BCUT2D eigenvalue weighted by atomic mass is 10.2. The molecule has 21 heavy (non-hydrogen) atoms. The first kappa shape index (κ1) is 17.3. The Labute approximate surface area is 127 Å². The van der Waals surface area contributed by atoms with Crippen LogP contribution in [0.4, 0.5) is 17.1 Å². The van der Waals surface area contributed by atoms with Gasteiger partial charge in [0.1, 0.15) is 0 Å². The van der Waals surface area contributed by atoms with Crippen LogP contribution in [0.5, 0.6) is 0 Å². The van der Waals surface area contributed by atoms with E-state index in [-0.39, 0.29) is 10.6 Å². The molecule has 0 spiro atoms. The fourth-order valence-electron chi connectivity index (χ4n) is 2.26. The van der Waals surface area contributed by atoms with Crippen molar-refractivity contribution in [1.82, 2.24) is 0 Å². The number of anilines is 2. The highest BCUT2D eigenvalue weighted by molar-refractivity contribution is 5.64. The minimum absolute atomic E-state index is 0.154. The second-order valence-corrected chi connectivity index (χ2v) is 5.22. The number of nitrogens with one attached hydrogen (secondary N) is 1. The largest absolute Gasteiger partial charge is 0.385 e. The van der Waals surface area contributed by atoms with Crippen LogP contribution in [0.25, 0.3) is 0 Å². The first-order valence-corrected chi connectivity index (χ1v) is 7.90. The number of nitrogens with zero attached hydrogens (tertiary/aromatic N) is 2. The molecule has 0 aliphatic rings. The van der Waals surface area contributed by atoms with E-state index in [1.807, 2.05) is 13.0 Å². The zero-order valence-electron chi connectivity index (χ0n) is 13.4. The highest BCUT2D eigenvalue weighted by Gasteiger charge is 2.14. The van der Waals surface area contributed by atoms with Crippen LogP contribution in [0.3, 0.4) is 0 Å². The van der Waals surface area contributed by atoms with Crippen LogP contribution in [-0.4, -0.2) is 24.6 Å². The molecule has 118 valence electrons. The SMILES string of the molecule is CCCCN(CCCC)c1cc(NCC)cc([N+](=O)[O-])c1. The van der Waals surface area contributed by atoms with Gasteiger partial charge in [-0.1, -0.05) is 26.7 Å². The highest BCUT2D eigenvalue weighted by atomic mass is 16.6. The molecule has 0 aliphatic heterocycles. The molecule has 0 amide bonds. The number of non-ortho nitro benzene ring substituents is 1. The molecule has 1 N–H and O–H groups in total. The summed E-state index contributed by atoms with van der Waals surface area (Å²) in [5.74, 6) is 0. The van der Waals surface area contributed by atoms with Crippen LogP contribution in [0.1, 0.15) is 46.5 Å². The molecular weight excluding hydrogens is 266 g/mol. The summed E-state index contributed by atoms with van der Waals surface area (Å²) < 4.78 is 0. The third kappa shape index (κ3) is 5.61. The molecule has 0 unspecified atom stereocenters. The van der Waals surface area contributed by atoms with E-state index in [0.717, 1.165) is 56.7 Å². The molecule has 0 saturated carbocycles. The number of rotatable bonds is 10. The Balaban J connectivity index is 3.05. The van der Waals surface area contributed by atoms with Gasteiger partial charge in [-0.3, -0.25) is 10.1 Å². The van der Waals surface area contributed by atoms with Crippen molar-refractivity contribution in [3.63, 3.8) is 0 Å². The second kappa shape index (κ2) is 9.21. The maximum Gasteiger partial charge on any atom is 0.273 e. The maximum atomic E-state index is 11.1. The van der Waals surface area contributed by atoms with Crippen molar-refractivity contribution >= 4 is 17.1 Å². The molecule has 0 saturated heterocycles. The molecule has 0 aliphatic carbocycles. The highest BCUT2D eigenvalue weighted by Crippen LogP contribution is 2.27. The Kier molecular flexibility index (Phi) is 7.58. The molecular formula is C16H27N3O2. The fourth-order valence-corrected chi connectivity index (χ4v) is 2.26. The summed E-state index contributed by atoms with van der Waals surface area (Å²) in [6.07, 6.45) is 4.45. The summed E-state index contributed by atoms with van der Waals surface area (Å²) in [5.41, 5.74) is 1.92. The summed E-state index contributed by atoms with van der Waals surface area (Å²) in [7, 11) is 0. The number of nitro groups is 1. The Hall–Kier alpha value is -1.78. The van der Waals surface area contributed by atoms with E-state index >= 15 is 0 Å². The van der Waals surface area contributed by atoms with Crippen LogP contribution < -0.4 is 10.2 Å². The van der Waals surface area contributed by atoms with Crippen molar-refractivity contribution in [2.24, 2.45) is 0 Å². The van der Waals surface area contributed by atoms with Crippen LogP contribution in [-0.2, 0) is 0 Å². The van der Waals surface area contributed by atoms with Crippen LogP contribution in [0.15, 0.2) is 18.2 Å². The van der Waals surface area contributed by atoms with Gasteiger partial charge in [-0.25, -0.2) is 0 Å². The topological polar surface area (TPSA) is 58.4 Å². The predicted molar refractivity (Wildman–Crippen MR) is 89.3 cm³/mol. The number of benzene rings is 1. The van der Waals surface area contributed by atoms with Gasteiger partial charge in [-0.15, -0.1) is 0 Å². The average molecular weight is 293 g/mol. The first-order chi connectivity index (χ1) is 10.1. The quantitative estimate of drug-likeness (QED) is 0.512. The Morgan fingerprint density at radius 3 is 2.19 bits per heavy atom. The van der Waals surface area contributed by atoms with Gasteiger partial charge in [0.2, 0.25) is 0 Å². The normalized spacial score (nSPS) is 10.4. The van der Waals surface area contributed by atoms with Crippen LogP contribution in [0, 0.1) is 10.1 Å². The number of unbranched alkanes of at least 4 members (excludes halogenated alkanes) is 2. The second-order valence-electron chi connectivity index (χ2n) is 5.22. The Bertz CT molecular complexity index is 441. The molecule has 5 heteroatoms. The summed E-state index contributed by atoms with van der Waals surface area (Å²) in [4.78, 5) is 13.1. The lowest BCUT2D eigenvalue weighted by molar-refractivity contribution is -0.384. The fraction of sp³-hybridized carbons (Fsp3) is 0.625. The van der Waals surface area contributed by atoms with E-state index in [0.29, 0.717) is 0 Å². The van der Waals surface area contributed by atoms with Crippen molar-refractivity contribution in [3.8, 4) is 0 Å². The molecule has 0 heterocycles. The molecule has 5 nitrogen and oxygen atoms in total. The predicted octanol–water partition coefficient (Wildman–Crippen LogP) is 4.43. The third-order valence-electron chi connectivity index (χ3n) is 3.42. The molecule has 0 atom stereocenters. The maximum absolute atomic E-state index is 11.1. The lowest BCUT2D eigenvalue weighted by Crippen LogP contribution is -2.25. The van der Waals surface area contributed by atoms with E-state index in [4.69, 9.17) is 0 Å². The van der Waals surface area contributed by atoms with Crippen molar-refractivity contribution < 1.29 is 4.92 Å². The summed E-state index contributed by atoms with van der Waals surface area (Å²) in [6.45, 7) is 8.96. The van der Waals surface area contributed by atoms with Gasteiger partial charge in [-0.05, 0) is 25.8 Å². The first-order valence-electron chi connectivity index (χ1n) is 7.90. The molecule has 1 aromatic carbocycles. The van der Waals surface area contributed by atoms with E-state index in [9.17, 15) is 10.1 Å². The van der Waals surface area contributed by atoms with Crippen molar-refractivity contribution in [2.45, 2.75) is 46.5 Å². The van der Waals surface area contributed by atoms with Crippen LogP contribution >= 0.6 is 0 Å². The van der Waals surface area contributed by atoms with E-state index < -0.39 is 0 Å². The molecule has 1 aromatic rings. The lowest BCUT2D eigenvalue weighted by Gasteiger charge is -2.25. The molecule has 0 aromatic heterocycles. The minimum Gasteiger partial charge on any atom is -0.385 e. The van der Waals surface area contributed by atoms with Crippen LogP contribution in [0.2, 0.25) is 0 Å². The standard InChI is InChI=1S/C16H27N3O2/c1-4-7-9-18(10-8-5-2)15-11-14(17-6-3)12-16(13-15)19(20)21/h11-13,17H,4-10H2,1-3H3. The molecule has 1 rings (SSSR count). The van der Waals surface area contributed by atoms with Gasteiger partial charge in [-0.2, -0.15) is 0 Å². The Morgan fingerprint density at radius 2 is 1.71 bits per heavy atom. The van der Waals surface area contributed by atoms with Gasteiger partial charge >= 0.3 is 0 Å². The van der Waals surface area contributed by atoms with Gasteiger partial charge in [0, 0.05) is 43.1 Å². The van der Waals surface area contributed by atoms with E-state index in [2.05, 4.69) is 24.1 Å². The zero-order valence-corrected chi connectivity index (χ0v) is 13.4. The number of nitro benzene ring substituents is 1. The molecule has 0 bridgehead atoms. The molecule has 0 radical (unpaired) electrons. The van der Waals surface area contributed by atoms with Crippen molar-refractivity contribution in [2.75, 3.05) is 29.9 Å². The average Bonchev–Trinajstić information content (AvgIpc) is 2.47. The zero-order chi connectivity index (χ0) is 15.7. The van der Waals surface area contributed by atoms with Gasteiger partial charge in [0.15, 0.2) is 0 Å². The summed E-state index contributed by atoms with van der Waals surface area (Å²) in [5, 5.41) is 14.3. The van der Waals surface area contributed by atoms with Crippen molar-refractivity contribution in [3.05, 3.63) is 28.3 Å². The van der Waals surface area contributed by atoms with Crippen molar-refractivity contribution in [1.29, 1.82) is 0 Å². The smallest absolute Gasteiger partial charge is 0.273 e.